The molecule has 0 unspecified atom stereocenters. The van der Waals surface area contributed by atoms with Crippen LogP contribution in [-0.2, 0) is 31.4 Å². The maximum atomic E-state index is 14.2. The van der Waals surface area contributed by atoms with E-state index in [2.05, 4.69) is 46.7 Å². The van der Waals surface area contributed by atoms with Gasteiger partial charge in [-0.1, -0.05) is 36.7 Å². The van der Waals surface area contributed by atoms with E-state index in [1.165, 1.54) is 11.1 Å². The van der Waals surface area contributed by atoms with Crippen molar-refractivity contribution in [3.8, 4) is 5.75 Å². The lowest BCUT2D eigenvalue weighted by Crippen LogP contribution is -2.57. The molecular formula is C41H55ClN4O6S. The summed E-state index contributed by atoms with van der Waals surface area (Å²) >= 11 is 6.49. The molecule has 1 N–H and O–H groups in total. The molecule has 0 radical (unpaired) electrons. The second kappa shape index (κ2) is 14.8. The first-order chi connectivity index (χ1) is 25.2. The van der Waals surface area contributed by atoms with Crippen molar-refractivity contribution < 1.29 is 27.5 Å². The van der Waals surface area contributed by atoms with Crippen LogP contribution in [-0.4, -0.2) is 100 Å². The lowest BCUT2D eigenvalue weighted by molar-refractivity contribution is -0.146. The summed E-state index contributed by atoms with van der Waals surface area (Å²) in [5, 5.41) is -0.120. The minimum Gasteiger partial charge on any atom is -0.490 e. The van der Waals surface area contributed by atoms with E-state index in [0.29, 0.717) is 38.4 Å². The molecule has 1 spiro atoms. The fourth-order valence-corrected chi connectivity index (χ4v) is 11.2. The summed E-state index contributed by atoms with van der Waals surface area (Å²) in [6, 6.07) is 11.5. The predicted molar refractivity (Wildman–Crippen MR) is 208 cm³/mol. The molecule has 2 amide bonds. The van der Waals surface area contributed by atoms with Crippen LogP contribution in [0.25, 0.3) is 0 Å². The first kappa shape index (κ1) is 38.2. The molecule has 2 bridgehead atoms. The summed E-state index contributed by atoms with van der Waals surface area (Å²) in [7, 11) is -0.206. The van der Waals surface area contributed by atoms with Gasteiger partial charge in [0.2, 0.25) is 15.9 Å². The van der Waals surface area contributed by atoms with Crippen LogP contribution in [0.15, 0.2) is 48.6 Å². The van der Waals surface area contributed by atoms with Crippen LogP contribution >= 0.6 is 11.6 Å². The molecule has 7 rings (SSSR count). The van der Waals surface area contributed by atoms with Gasteiger partial charge >= 0.3 is 0 Å². The van der Waals surface area contributed by atoms with Gasteiger partial charge in [0.25, 0.3) is 5.91 Å². The van der Waals surface area contributed by atoms with Crippen LogP contribution in [0, 0.1) is 17.8 Å². The molecule has 1 saturated heterocycles. The zero-order valence-corrected chi connectivity index (χ0v) is 33.3. The molecule has 10 nitrogen and oxygen atoms in total. The first-order valence-corrected chi connectivity index (χ1v) is 21.2. The number of nitrogens with one attached hydrogen (secondary N) is 1. The Labute approximate surface area is 320 Å². The number of allylic oxidation sites excluding steroid dienone is 1. The monoisotopic (exact) mass is 766 g/mol. The van der Waals surface area contributed by atoms with E-state index >= 15 is 0 Å². The van der Waals surface area contributed by atoms with Gasteiger partial charge in [-0.05, 0) is 119 Å². The Bertz CT molecular complexity index is 1870. The van der Waals surface area contributed by atoms with Gasteiger partial charge in [-0.2, -0.15) is 0 Å². The number of fused-ring (bicyclic) bond motifs is 4. The van der Waals surface area contributed by atoms with Crippen molar-refractivity contribution in [2.24, 2.45) is 17.8 Å². The van der Waals surface area contributed by atoms with Crippen molar-refractivity contribution in [1.82, 2.24) is 14.5 Å². The van der Waals surface area contributed by atoms with Crippen LogP contribution in [0.1, 0.15) is 80.8 Å². The highest BCUT2D eigenvalue weighted by Crippen LogP contribution is 2.50. The van der Waals surface area contributed by atoms with Gasteiger partial charge in [0.15, 0.2) is 0 Å². The second-order valence-electron chi connectivity index (χ2n) is 16.6. The smallest absolute Gasteiger partial charge is 0.264 e. The summed E-state index contributed by atoms with van der Waals surface area (Å²) < 4.78 is 42.7. The maximum Gasteiger partial charge on any atom is 0.264 e. The van der Waals surface area contributed by atoms with Gasteiger partial charge in [-0.15, -0.1) is 0 Å². The number of anilines is 1. The molecule has 288 valence electrons. The van der Waals surface area contributed by atoms with Crippen molar-refractivity contribution in [3.05, 3.63) is 70.3 Å². The van der Waals surface area contributed by atoms with Crippen molar-refractivity contribution in [1.29, 1.82) is 0 Å². The average Bonchev–Trinajstić information content (AvgIpc) is 3.25. The summed E-state index contributed by atoms with van der Waals surface area (Å²) in [4.78, 5) is 34.5. The van der Waals surface area contributed by atoms with Crippen molar-refractivity contribution in [2.45, 2.75) is 88.0 Å². The molecule has 3 aliphatic heterocycles. The lowest BCUT2D eigenvalue weighted by atomic mass is 9.62. The third-order valence-corrected chi connectivity index (χ3v) is 15.3. The normalized spacial score (nSPS) is 33.8. The van der Waals surface area contributed by atoms with Crippen LogP contribution in [0.5, 0.6) is 5.75 Å². The molecular weight excluding hydrogens is 712 g/mol. The van der Waals surface area contributed by atoms with Crippen LogP contribution in [0.2, 0.25) is 5.02 Å². The zero-order chi connectivity index (χ0) is 37.7. The SMILES string of the molecule is CO[C@@]1(CC(=O)N2CCN(C)C[C@H]2C)/C=C\C[C@H](C)[C@@H](C)S(=O)(=O)NC(=O)c2ccc3c(c2)N(C[C@@H]2CC[C@H]21)C[C@@]1(CCCc2cc(Cl)ccc21)CO3. The molecule has 12 heteroatoms. The highest BCUT2D eigenvalue weighted by atomic mass is 35.5. The second-order valence-corrected chi connectivity index (χ2v) is 19.0. The van der Waals surface area contributed by atoms with Crippen LogP contribution in [0.3, 0.4) is 0 Å². The quantitative estimate of drug-likeness (QED) is 0.390. The molecule has 2 aromatic rings. The Morgan fingerprint density at radius 1 is 1.09 bits per heavy atom. The molecule has 0 aromatic heterocycles. The van der Waals surface area contributed by atoms with Crippen molar-refractivity contribution in [3.63, 3.8) is 0 Å². The highest BCUT2D eigenvalue weighted by Gasteiger charge is 2.50. The number of aryl methyl sites for hydroxylation is 1. The van der Waals surface area contributed by atoms with E-state index in [-0.39, 0.29) is 47.1 Å². The Hall–Kier alpha value is -3.12. The van der Waals surface area contributed by atoms with Gasteiger partial charge in [0, 0.05) is 61.9 Å². The third kappa shape index (κ3) is 7.35. The van der Waals surface area contributed by atoms with Gasteiger partial charge in [0.05, 0.1) is 29.6 Å². The number of carbonyl (C=O) groups is 2. The number of likely N-dealkylation sites (N-methyl/N-ethyl adjacent to an activating group) is 1. The Balaban J connectivity index is 1.30. The minimum absolute atomic E-state index is 0.0485. The largest absolute Gasteiger partial charge is 0.490 e. The highest BCUT2D eigenvalue weighted by molar-refractivity contribution is 7.90. The van der Waals surface area contributed by atoms with Crippen molar-refractivity contribution in [2.75, 3.05) is 58.4 Å². The standard InChI is InChI=1S/C41H55ClN4O6S/c1-27-8-6-17-41(51-5,22-38(47)46-19-18-44(4)23-28(46)2)35-13-10-32(35)24-45-25-40(16-7-9-30-20-33(42)12-14-34(30)40)26-52-37-15-11-31(21-36(37)45)39(48)43-53(49,50)29(27)3/h6,11-12,14-15,17,20-21,27-29,32,35H,7-10,13,16,18-19,22-26H2,1-5H3,(H,43,48)/b17-6-/t27-,28+,29+,32-,35+,40-,41+/m0/s1. The Kier molecular flexibility index (Phi) is 10.7. The number of nitrogens with zero attached hydrogens (tertiary/aromatic N) is 3. The van der Waals surface area contributed by atoms with Crippen LogP contribution < -0.4 is 14.4 Å². The number of sulfonamides is 1. The fraction of sp³-hybridized carbons (Fsp3) is 0.610. The Morgan fingerprint density at radius 2 is 1.91 bits per heavy atom. The van der Waals surface area contributed by atoms with E-state index in [0.717, 1.165) is 55.9 Å². The van der Waals surface area contributed by atoms with Crippen molar-refractivity contribution >= 4 is 39.1 Å². The number of carbonyl (C=O) groups excluding carboxylic acids is 2. The van der Waals surface area contributed by atoms with Gasteiger partial charge in [-0.3, -0.25) is 9.59 Å². The molecule has 53 heavy (non-hydrogen) atoms. The number of rotatable bonds is 3. The summed E-state index contributed by atoms with van der Waals surface area (Å²) in [6.45, 7) is 9.75. The average molecular weight is 767 g/mol. The number of amides is 2. The number of methoxy groups -OCH3 is 1. The third-order valence-electron chi connectivity index (χ3n) is 13.2. The molecule has 2 aliphatic carbocycles. The van der Waals surface area contributed by atoms with Gasteiger partial charge in [0.1, 0.15) is 5.75 Å². The number of halogens is 1. The van der Waals surface area contributed by atoms with Gasteiger partial charge < -0.3 is 24.2 Å². The molecule has 7 atom stereocenters. The molecule has 1 saturated carbocycles. The van der Waals surface area contributed by atoms with E-state index in [1.807, 2.05) is 24.0 Å². The summed E-state index contributed by atoms with van der Waals surface area (Å²) in [6.07, 6.45) is 9.49. The summed E-state index contributed by atoms with van der Waals surface area (Å²) in [5.74, 6) is 0.0347. The van der Waals surface area contributed by atoms with E-state index in [1.54, 1.807) is 32.2 Å². The molecule has 3 heterocycles. The number of benzene rings is 2. The maximum absolute atomic E-state index is 14.2. The number of hydrogen-bond donors (Lipinski definition) is 1. The molecule has 2 aromatic carbocycles. The van der Waals surface area contributed by atoms with E-state index < -0.39 is 26.8 Å². The number of ether oxygens (including phenoxy) is 2. The predicted octanol–water partition coefficient (Wildman–Crippen LogP) is 5.82. The topological polar surface area (TPSA) is 108 Å². The lowest BCUT2D eigenvalue weighted by Gasteiger charge is -2.51. The zero-order valence-electron chi connectivity index (χ0n) is 31.8. The van der Waals surface area contributed by atoms with Crippen LogP contribution in [0.4, 0.5) is 5.69 Å². The first-order valence-electron chi connectivity index (χ1n) is 19.3. The molecule has 5 aliphatic rings. The van der Waals surface area contributed by atoms with E-state index in [9.17, 15) is 18.0 Å². The minimum atomic E-state index is -4.01. The number of hydrogen-bond acceptors (Lipinski definition) is 8. The summed E-state index contributed by atoms with van der Waals surface area (Å²) in [5.41, 5.74) is 2.33. The van der Waals surface area contributed by atoms with Gasteiger partial charge in [-0.25, -0.2) is 13.1 Å². The van der Waals surface area contributed by atoms with E-state index in [4.69, 9.17) is 21.1 Å². The fourth-order valence-electron chi connectivity index (χ4n) is 9.68. The Morgan fingerprint density at radius 3 is 2.64 bits per heavy atom. The molecule has 2 fully saturated rings. The number of piperazine rings is 1.